The van der Waals surface area contributed by atoms with Crippen LogP contribution in [0.2, 0.25) is 0 Å². The van der Waals surface area contributed by atoms with Crippen LogP contribution in [0.1, 0.15) is 134 Å². The van der Waals surface area contributed by atoms with Crippen LogP contribution in [0.4, 0.5) is 5.82 Å². The zero-order valence-corrected chi connectivity index (χ0v) is 33.9. The van der Waals surface area contributed by atoms with Gasteiger partial charge in [0.25, 0.3) is 0 Å². The van der Waals surface area contributed by atoms with Gasteiger partial charge >= 0.3 is 7.82 Å². The van der Waals surface area contributed by atoms with Gasteiger partial charge in [-0.3, -0.25) is 9.05 Å². The number of hydrogen-bond donors (Lipinski definition) is 4. The van der Waals surface area contributed by atoms with Crippen molar-refractivity contribution in [1.29, 1.82) is 5.26 Å². The fourth-order valence-corrected chi connectivity index (χ4v) is 7.87. The number of nitrogens with zero attached hydrogens (tertiary/aromatic N) is 6. The number of phosphoric ester groups is 1. The van der Waals surface area contributed by atoms with Crippen LogP contribution in [0.5, 0.6) is 5.88 Å². The van der Waals surface area contributed by atoms with Gasteiger partial charge in [0.1, 0.15) is 41.8 Å². The number of unbranched alkanes of at least 4 members (excludes halogenated alkanes) is 15. The van der Waals surface area contributed by atoms with Gasteiger partial charge in [-0.2, -0.15) is 10.4 Å². The maximum atomic E-state index is 13.2. The summed E-state index contributed by atoms with van der Waals surface area (Å²) in [5, 5.41) is 42.6. The standard InChI is InChI=1S/C39H62N7O9P/c1-3-4-5-6-7-8-9-10-11-12-13-14-15-16-17-18-24-51-27-31(23-25-52-35-22-19-30(26-40)44-45-35)55-56(49,50)53-28-33-36(47)37(48)39(2,54-33)34-21-20-32-38(41)42-29-43-46(32)34/h19-22,29,31,33,36-37,47-48H,3-18,23-25,27-28H2,1-2H3,(H,49,50)(H2,41,42,43)/t31-,33+,36+,37+,39-/m0/s1. The molecule has 3 aromatic rings. The van der Waals surface area contributed by atoms with Crippen molar-refractivity contribution in [3.05, 3.63) is 42.0 Å². The average Bonchev–Trinajstić information content (AvgIpc) is 3.73. The number of aromatic nitrogens is 5. The van der Waals surface area contributed by atoms with Gasteiger partial charge < -0.3 is 35.1 Å². The van der Waals surface area contributed by atoms with Crippen molar-refractivity contribution in [3.63, 3.8) is 0 Å². The molecule has 4 heterocycles. The Hall–Kier alpha value is -3.26. The minimum Gasteiger partial charge on any atom is -0.476 e. The van der Waals surface area contributed by atoms with Gasteiger partial charge in [0, 0.05) is 19.1 Å². The van der Waals surface area contributed by atoms with Gasteiger partial charge in [0.05, 0.1) is 31.6 Å². The monoisotopic (exact) mass is 803 g/mol. The smallest absolute Gasteiger partial charge is 0.472 e. The van der Waals surface area contributed by atoms with Gasteiger partial charge in [-0.05, 0) is 31.5 Å². The van der Waals surface area contributed by atoms with Crippen LogP contribution in [0, 0.1) is 11.3 Å². The number of fused-ring (bicyclic) bond motifs is 1. The molecule has 0 radical (unpaired) electrons. The van der Waals surface area contributed by atoms with Crippen molar-refractivity contribution in [1.82, 2.24) is 24.8 Å². The summed E-state index contributed by atoms with van der Waals surface area (Å²) >= 11 is 0. The molecule has 5 N–H and O–H groups in total. The zero-order valence-electron chi connectivity index (χ0n) is 33.0. The summed E-state index contributed by atoms with van der Waals surface area (Å²) in [4.78, 5) is 14.7. The molecule has 0 amide bonds. The third-order valence-electron chi connectivity index (χ3n) is 10.2. The Balaban J connectivity index is 1.18. The molecule has 3 aromatic heterocycles. The number of rotatable bonds is 29. The van der Waals surface area contributed by atoms with E-state index in [1.165, 1.54) is 106 Å². The van der Waals surface area contributed by atoms with Gasteiger partial charge in [-0.25, -0.2) is 14.1 Å². The van der Waals surface area contributed by atoms with E-state index >= 15 is 0 Å². The van der Waals surface area contributed by atoms with Crippen LogP contribution in [0.25, 0.3) is 5.52 Å². The van der Waals surface area contributed by atoms with Crippen molar-refractivity contribution in [2.75, 3.05) is 32.2 Å². The van der Waals surface area contributed by atoms with E-state index in [0.29, 0.717) is 17.8 Å². The van der Waals surface area contributed by atoms with Crippen LogP contribution >= 0.6 is 7.82 Å². The minimum atomic E-state index is -4.73. The quantitative estimate of drug-likeness (QED) is 0.0430. The van der Waals surface area contributed by atoms with Crippen LogP contribution in [-0.2, 0) is 28.7 Å². The van der Waals surface area contributed by atoms with E-state index in [9.17, 15) is 19.7 Å². The maximum Gasteiger partial charge on any atom is 0.472 e. The minimum absolute atomic E-state index is 0.000667. The lowest BCUT2D eigenvalue weighted by Gasteiger charge is -2.27. The van der Waals surface area contributed by atoms with Crippen LogP contribution in [-0.4, -0.2) is 90.7 Å². The third kappa shape index (κ3) is 14.3. The Morgan fingerprint density at radius 3 is 2.20 bits per heavy atom. The molecule has 0 aliphatic carbocycles. The predicted molar refractivity (Wildman–Crippen MR) is 210 cm³/mol. The van der Waals surface area contributed by atoms with E-state index in [0.717, 1.165) is 19.3 Å². The zero-order chi connectivity index (χ0) is 40.2. The number of aliphatic hydroxyl groups excluding tert-OH is 2. The summed E-state index contributed by atoms with van der Waals surface area (Å²) in [5.74, 6) is 0.402. The Labute approximate surface area is 330 Å². The van der Waals surface area contributed by atoms with Crippen LogP contribution < -0.4 is 10.5 Å². The predicted octanol–water partition coefficient (Wildman–Crippen LogP) is 6.56. The number of nitrogen functional groups attached to an aromatic ring is 1. The molecular formula is C39H62N7O9P. The topological polar surface area (TPSA) is 230 Å². The summed E-state index contributed by atoms with van der Waals surface area (Å²) < 4.78 is 43.0. The number of phosphoric acid groups is 1. The SMILES string of the molecule is CCCCCCCCCCCCCCCCCCOC[C@H](CCOc1ccc(C#N)nn1)OP(=O)(O)OC[C@H]1O[C@@](C)(c2ccc3c(N)ncnn23)[C@H](O)[C@@H]1O. The highest BCUT2D eigenvalue weighted by atomic mass is 31.2. The molecule has 0 saturated carbocycles. The molecule has 312 valence electrons. The molecule has 1 saturated heterocycles. The lowest BCUT2D eigenvalue weighted by atomic mass is 9.93. The van der Waals surface area contributed by atoms with E-state index in [1.807, 2.05) is 6.07 Å². The first kappa shape index (κ1) is 45.4. The Morgan fingerprint density at radius 2 is 1.59 bits per heavy atom. The second-order valence-corrected chi connectivity index (χ2v) is 16.1. The molecule has 56 heavy (non-hydrogen) atoms. The highest BCUT2D eigenvalue weighted by Gasteiger charge is 2.54. The van der Waals surface area contributed by atoms with E-state index in [4.69, 9.17) is 34.3 Å². The van der Waals surface area contributed by atoms with Gasteiger partial charge in [0.2, 0.25) is 5.88 Å². The van der Waals surface area contributed by atoms with E-state index < -0.39 is 44.4 Å². The fourth-order valence-electron chi connectivity index (χ4n) is 6.93. The largest absolute Gasteiger partial charge is 0.476 e. The highest BCUT2D eigenvalue weighted by molar-refractivity contribution is 7.47. The molecule has 17 heteroatoms. The van der Waals surface area contributed by atoms with Crippen molar-refractivity contribution in [2.45, 2.75) is 153 Å². The first-order valence-electron chi connectivity index (χ1n) is 20.3. The van der Waals surface area contributed by atoms with Crippen molar-refractivity contribution < 1.29 is 42.9 Å². The molecule has 0 bridgehead atoms. The average molecular weight is 804 g/mol. The van der Waals surface area contributed by atoms with Crippen LogP contribution in [0.3, 0.4) is 0 Å². The lowest BCUT2D eigenvalue weighted by molar-refractivity contribution is -0.0898. The Bertz CT molecular complexity index is 1660. The number of aliphatic hydroxyl groups is 2. The molecule has 1 aliphatic rings. The molecule has 16 nitrogen and oxygen atoms in total. The fraction of sp³-hybridized carbons (Fsp3) is 0.718. The van der Waals surface area contributed by atoms with Crippen molar-refractivity contribution in [2.24, 2.45) is 0 Å². The van der Waals surface area contributed by atoms with Gasteiger partial charge in [-0.1, -0.05) is 103 Å². The number of nitriles is 1. The highest BCUT2D eigenvalue weighted by Crippen LogP contribution is 2.47. The maximum absolute atomic E-state index is 13.2. The number of ether oxygens (including phenoxy) is 3. The Kier molecular flexibility index (Phi) is 19.4. The summed E-state index contributed by atoms with van der Waals surface area (Å²) in [6.45, 7) is 3.77. The number of hydrogen-bond acceptors (Lipinski definition) is 14. The van der Waals surface area contributed by atoms with Crippen LogP contribution in [0.15, 0.2) is 30.6 Å². The van der Waals surface area contributed by atoms with Gasteiger partial charge in [0.15, 0.2) is 11.5 Å². The molecule has 1 aliphatic heterocycles. The molecule has 4 rings (SSSR count). The molecular weight excluding hydrogens is 741 g/mol. The molecule has 6 atom stereocenters. The molecule has 0 spiro atoms. The van der Waals surface area contributed by atoms with E-state index in [1.54, 1.807) is 19.1 Å². The summed E-state index contributed by atoms with van der Waals surface area (Å²) in [6.07, 6.45) is 16.7. The second kappa shape index (κ2) is 23.8. The van der Waals surface area contributed by atoms with E-state index in [-0.39, 0.29) is 37.0 Å². The first-order valence-corrected chi connectivity index (χ1v) is 21.8. The summed E-state index contributed by atoms with van der Waals surface area (Å²) in [7, 11) is -4.73. The normalized spacial score (nSPS) is 21.2. The van der Waals surface area contributed by atoms with E-state index in [2.05, 4.69) is 27.2 Å². The summed E-state index contributed by atoms with van der Waals surface area (Å²) in [5.41, 5.74) is 5.52. The molecule has 0 aromatic carbocycles. The van der Waals surface area contributed by atoms with Crippen molar-refractivity contribution >= 4 is 19.2 Å². The molecule has 1 unspecified atom stereocenters. The lowest BCUT2D eigenvalue weighted by Crippen LogP contribution is -2.39. The summed E-state index contributed by atoms with van der Waals surface area (Å²) in [6, 6.07) is 8.18. The first-order chi connectivity index (χ1) is 27.1. The third-order valence-corrected chi connectivity index (χ3v) is 11.3. The van der Waals surface area contributed by atoms with Gasteiger partial charge in [-0.15, -0.1) is 10.2 Å². The Morgan fingerprint density at radius 1 is 0.946 bits per heavy atom. The van der Waals surface area contributed by atoms with Crippen molar-refractivity contribution in [3.8, 4) is 11.9 Å². The second-order valence-electron chi connectivity index (χ2n) is 14.7. The number of nitrogens with two attached hydrogens (primary N) is 1. The molecule has 1 fully saturated rings. The number of anilines is 1.